The molecule has 2 amide bonds. The zero-order chi connectivity index (χ0) is 21.6. The van der Waals surface area contributed by atoms with Gasteiger partial charge in [0, 0.05) is 25.3 Å². The normalized spacial score (nSPS) is 10.6. The molecule has 10 heteroatoms. The highest BCUT2D eigenvalue weighted by Gasteiger charge is 2.25. The molecule has 29 heavy (non-hydrogen) atoms. The molecule has 2 aromatic rings. The summed E-state index contributed by atoms with van der Waals surface area (Å²) in [6, 6.07) is 5.79. The first-order valence-corrected chi connectivity index (χ1v) is 9.36. The van der Waals surface area contributed by atoms with Crippen LogP contribution < -0.4 is 10.6 Å². The van der Waals surface area contributed by atoms with Crippen LogP contribution in [0.5, 0.6) is 0 Å². The van der Waals surface area contributed by atoms with Crippen LogP contribution in [0.2, 0.25) is 0 Å². The lowest BCUT2D eigenvalue weighted by atomic mass is 10.1. The summed E-state index contributed by atoms with van der Waals surface area (Å²) in [5.74, 6) is -1.58. The Hall–Kier alpha value is -3.53. The average molecular weight is 417 g/mol. The average Bonchev–Trinajstić information content (AvgIpc) is 3.02. The summed E-state index contributed by atoms with van der Waals surface area (Å²) in [5, 5.41) is 16.1. The Morgan fingerprint density at radius 2 is 2.03 bits per heavy atom. The number of ether oxygens (including phenoxy) is 1. The van der Waals surface area contributed by atoms with Crippen molar-refractivity contribution in [3.63, 3.8) is 0 Å². The van der Waals surface area contributed by atoms with Gasteiger partial charge in [-0.2, -0.15) is 0 Å². The van der Waals surface area contributed by atoms with E-state index in [2.05, 4.69) is 10.6 Å². The molecule has 2 rings (SSSR count). The Morgan fingerprint density at radius 1 is 1.31 bits per heavy atom. The fraction of sp³-hybridized carbons (Fsp3) is 0.211. The maximum Gasteiger partial charge on any atom is 0.348 e. The smallest absolute Gasteiger partial charge is 0.348 e. The van der Waals surface area contributed by atoms with Gasteiger partial charge in [0.25, 0.3) is 11.6 Å². The summed E-state index contributed by atoms with van der Waals surface area (Å²) in [6.07, 6.45) is 2.60. The number of nitrogens with one attached hydrogen (secondary N) is 2. The molecule has 1 aromatic heterocycles. The van der Waals surface area contributed by atoms with Gasteiger partial charge in [-0.25, -0.2) is 4.79 Å². The van der Waals surface area contributed by atoms with Gasteiger partial charge in [0.1, 0.15) is 9.88 Å². The van der Waals surface area contributed by atoms with Crippen LogP contribution in [-0.4, -0.2) is 36.4 Å². The maximum atomic E-state index is 12.3. The molecule has 1 heterocycles. The Labute approximate surface area is 170 Å². The number of carbonyl (C=O) groups is 3. The largest absolute Gasteiger partial charge is 0.462 e. The van der Waals surface area contributed by atoms with Crippen LogP contribution in [-0.2, 0) is 9.53 Å². The Kier molecular flexibility index (Phi) is 7.21. The van der Waals surface area contributed by atoms with E-state index < -0.39 is 22.7 Å². The summed E-state index contributed by atoms with van der Waals surface area (Å²) in [5.41, 5.74) is 0.960. The fourth-order valence-electron chi connectivity index (χ4n) is 2.46. The molecule has 0 atom stereocenters. The van der Waals surface area contributed by atoms with Crippen molar-refractivity contribution in [2.45, 2.75) is 13.8 Å². The quantitative estimate of drug-likeness (QED) is 0.308. The number of nitrogens with zero attached hydrogens (tertiary/aromatic N) is 1. The molecule has 0 unspecified atom stereocenters. The molecular weight excluding hydrogens is 398 g/mol. The number of nitro groups is 1. The van der Waals surface area contributed by atoms with Crippen LogP contribution in [0.3, 0.4) is 0 Å². The van der Waals surface area contributed by atoms with E-state index in [9.17, 15) is 24.5 Å². The molecule has 0 aliphatic carbocycles. The van der Waals surface area contributed by atoms with Crippen molar-refractivity contribution >= 4 is 45.9 Å². The lowest BCUT2D eigenvalue weighted by Crippen LogP contribution is -2.20. The van der Waals surface area contributed by atoms with E-state index in [1.165, 1.54) is 37.4 Å². The predicted octanol–water partition coefficient (Wildman–Crippen LogP) is 3.15. The van der Waals surface area contributed by atoms with Crippen molar-refractivity contribution in [3.8, 4) is 0 Å². The number of non-ortho nitro benzene ring substituents is 1. The maximum absolute atomic E-state index is 12.3. The fourth-order valence-corrected chi connectivity index (χ4v) is 3.56. The van der Waals surface area contributed by atoms with Crippen molar-refractivity contribution in [3.05, 3.63) is 62.0 Å². The third kappa shape index (κ3) is 5.26. The summed E-state index contributed by atoms with van der Waals surface area (Å²) < 4.78 is 4.99. The standard InChI is InChI=1S/C19H19N3O6S/c1-4-28-19(25)16-11(2)15(17(24)20-3)18(29-16)21-14(23)9-8-12-6-5-7-13(10-12)22(26)27/h5-10H,4H2,1-3H3,(H,20,24)(H,21,23)/b9-8+. The number of esters is 1. The zero-order valence-electron chi connectivity index (χ0n) is 16.0. The molecule has 9 nitrogen and oxygen atoms in total. The molecular formula is C19H19N3O6S. The Bertz CT molecular complexity index is 996. The number of hydrogen-bond donors (Lipinski definition) is 2. The van der Waals surface area contributed by atoms with Crippen LogP contribution >= 0.6 is 11.3 Å². The zero-order valence-corrected chi connectivity index (χ0v) is 16.8. The van der Waals surface area contributed by atoms with E-state index in [-0.39, 0.29) is 27.7 Å². The molecule has 0 saturated carbocycles. The van der Waals surface area contributed by atoms with Crippen molar-refractivity contribution in [1.29, 1.82) is 0 Å². The van der Waals surface area contributed by atoms with Crippen molar-refractivity contribution in [2.24, 2.45) is 0 Å². The van der Waals surface area contributed by atoms with Gasteiger partial charge < -0.3 is 15.4 Å². The predicted molar refractivity (Wildman–Crippen MR) is 109 cm³/mol. The second-order valence-electron chi connectivity index (χ2n) is 5.73. The number of rotatable bonds is 7. The molecule has 0 radical (unpaired) electrons. The van der Waals surface area contributed by atoms with Gasteiger partial charge in [0.15, 0.2) is 0 Å². The summed E-state index contributed by atoms with van der Waals surface area (Å²) >= 11 is 0.944. The number of benzene rings is 1. The lowest BCUT2D eigenvalue weighted by Gasteiger charge is -2.04. The van der Waals surface area contributed by atoms with Crippen LogP contribution in [0.15, 0.2) is 30.3 Å². The minimum atomic E-state index is -0.576. The third-order valence-electron chi connectivity index (χ3n) is 3.81. The first kappa shape index (κ1) is 21.8. The second kappa shape index (κ2) is 9.60. The lowest BCUT2D eigenvalue weighted by molar-refractivity contribution is -0.384. The first-order chi connectivity index (χ1) is 13.8. The van der Waals surface area contributed by atoms with Crippen molar-refractivity contribution in [2.75, 3.05) is 19.0 Å². The minimum absolute atomic E-state index is 0.0950. The van der Waals surface area contributed by atoms with E-state index in [0.717, 1.165) is 11.3 Å². The number of hydrogen-bond acceptors (Lipinski definition) is 7. The van der Waals surface area contributed by atoms with Gasteiger partial charge in [0.05, 0.1) is 17.1 Å². The van der Waals surface area contributed by atoms with Crippen molar-refractivity contribution < 1.29 is 24.0 Å². The van der Waals surface area contributed by atoms with Gasteiger partial charge in [-0.1, -0.05) is 12.1 Å². The second-order valence-corrected chi connectivity index (χ2v) is 6.76. The molecule has 2 N–H and O–H groups in total. The van der Waals surface area contributed by atoms with E-state index in [1.54, 1.807) is 19.9 Å². The highest BCUT2D eigenvalue weighted by atomic mass is 32.1. The minimum Gasteiger partial charge on any atom is -0.462 e. The summed E-state index contributed by atoms with van der Waals surface area (Å²) in [7, 11) is 1.44. The number of anilines is 1. The highest BCUT2D eigenvalue weighted by Crippen LogP contribution is 2.33. The van der Waals surface area contributed by atoms with E-state index in [1.807, 2.05) is 0 Å². The molecule has 152 valence electrons. The molecule has 0 aliphatic heterocycles. The number of thiophene rings is 1. The van der Waals surface area contributed by atoms with Gasteiger partial charge in [-0.15, -0.1) is 11.3 Å². The molecule has 1 aromatic carbocycles. The van der Waals surface area contributed by atoms with Crippen LogP contribution in [0, 0.1) is 17.0 Å². The highest BCUT2D eigenvalue weighted by molar-refractivity contribution is 7.18. The topological polar surface area (TPSA) is 128 Å². The van der Waals surface area contributed by atoms with E-state index >= 15 is 0 Å². The summed E-state index contributed by atoms with van der Waals surface area (Å²) in [4.78, 5) is 47.2. The third-order valence-corrected chi connectivity index (χ3v) is 4.99. The van der Waals surface area contributed by atoms with Crippen molar-refractivity contribution in [1.82, 2.24) is 5.32 Å². The summed E-state index contributed by atoms with van der Waals surface area (Å²) in [6.45, 7) is 3.45. The molecule has 0 bridgehead atoms. The van der Waals surface area contributed by atoms with Crippen LogP contribution in [0.1, 0.15) is 38.1 Å². The van der Waals surface area contributed by atoms with Crippen LogP contribution in [0.4, 0.5) is 10.7 Å². The Balaban J connectivity index is 2.28. The monoisotopic (exact) mass is 417 g/mol. The SMILES string of the molecule is CCOC(=O)c1sc(NC(=O)/C=C/c2cccc([N+](=O)[O-])c2)c(C(=O)NC)c1C. The molecule has 0 aliphatic rings. The first-order valence-electron chi connectivity index (χ1n) is 8.54. The van der Waals surface area contributed by atoms with Gasteiger partial charge in [-0.3, -0.25) is 19.7 Å². The Morgan fingerprint density at radius 3 is 2.66 bits per heavy atom. The van der Waals surface area contributed by atoms with Crippen LogP contribution in [0.25, 0.3) is 6.08 Å². The van der Waals surface area contributed by atoms with Gasteiger partial charge in [0.2, 0.25) is 5.91 Å². The number of amides is 2. The van der Waals surface area contributed by atoms with Gasteiger partial charge >= 0.3 is 5.97 Å². The van der Waals surface area contributed by atoms with E-state index in [4.69, 9.17) is 4.74 Å². The number of nitro benzene ring substituents is 1. The molecule has 0 fully saturated rings. The molecule has 0 spiro atoms. The van der Waals surface area contributed by atoms with Gasteiger partial charge in [-0.05, 0) is 31.1 Å². The number of carbonyl (C=O) groups excluding carboxylic acids is 3. The van der Waals surface area contributed by atoms with E-state index in [0.29, 0.717) is 11.1 Å². The molecule has 0 saturated heterocycles.